The van der Waals surface area contributed by atoms with Crippen molar-refractivity contribution in [1.29, 1.82) is 0 Å². The Morgan fingerprint density at radius 2 is 2.21 bits per heavy atom. The molecule has 0 aliphatic heterocycles. The molecule has 3 N–H and O–H groups in total. The summed E-state index contributed by atoms with van der Waals surface area (Å²) in [5.41, 5.74) is 2.36. The van der Waals surface area contributed by atoms with Gasteiger partial charge in [0, 0.05) is 6.42 Å². The summed E-state index contributed by atoms with van der Waals surface area (Å²) in [5, 5.41) is 28.2. The van der Waals surface area contributed by atoms with Crippen LogP contribution in [0.15, 0.2) is 24.3 Å². The highest BCUT2D eigenvalue weighted by Gasteiger charge is 2.15. The summed E-state index contributed by atoms with van der Waals surface area (Å²) in [5.74, 6) is 0.405. The number of hydrogen-bond donors (Lipinski definition) is 3. The molecule has 0 saturated carbocycles. The lowest BCUT2D eigenvalue weighted by molar-refractivity contribution is 0.249. The molecule has 124 valence electrons. The highest BCUT2D eigenvalue weighted by molar-refractivity contribution is 7.15. The number of carbonyl (C=O) groups is 1. The van der Waals surface area contributed by atoms with Crippen LogP contribution in [0.1, 0.15) is 34.9 Å². The van der Waals surface area contributed by atoms with E-state index in [2.05, 4.69) is 47.5 Å². The quantitative estimate of drug-likeness (QED) is 0.649. The van der Waals surface area contributed by atoms with Crippen molar-refractivity contribution in [2.75, 3.05) is 5.32 Å². The summed E-state index contributed by atoms with van der Waals surface area (Å²) < 4.78 is 0. The van der Waals surface area contributed by atoms with Gasteiger partial charge in [0.15, 0.2) is 5.82 Å². The fourth-order valence-electron chi connectivity index (χ4n) is 2.12. The van der Waals surface area contributed by atoms with Gasteiger partial charge < -0.3 is 5.32 Å². The Morgan fingerprint density at radius 1 is 1.33 bits per heavy atom. The van der Waals surface area contributed by atoms with Crippen molar-refractivity contribution in [1.82, 2.24) is 36.1 Å². The molecule has 3 rings (SSSR count). The van der Waals surface area contributed by atoms with Gasteiger partial charge in [-0.1, -0.05) is 46.4 Å². The summed E-state index contributed by atoms with van der Waals surface area (Å²) >= 11 is 1.34. The number of anilines is 1. The minimum atomic E-state index is -0.398. The number of hydrogen-bond acceptors (Lipinski definition) is 7. The van der Waals surface area contributed by atoms with E-state index in [0.29, 0.717) is 17.4 Å². The van der Waals surface area contributed by atoms with E-state index in [0.717, 1.165) is 10.6 Å². The van der Waals surface area contributed by atoms with Crippen molar-refractivity contribution in [3.05, 3.63) is 46.2 Å². The Hall–Kier alpha value is -2.88. The predicted molar refractivity (Wildman–Crippen MR) is 88.6 cm³/mol. The largest absolute Gasteiger partial charge is 0.328 e. The number of nitrogens with zero attached hydrogens (tertiary/aromatic N) is 5. The van der Waals surface area contributed by atoms with Gasteiger partial charge in [-0.25, -0.2) is 4.79 Å². The minimum Gasteiger partial charge on any atom is -0.328 e. The fourth-order valence-corrected chi connectivity index (χ4v) is 2.89. The lowest BCUT2D eigenvalue weighted by Gasteiger charge is -2.09. The second-order valence-corrected chi connectivity index (χ2v) is 6.32. The number of nitrogens with one attached hydrogen (secondary N) is 3. The van der Waals surface area contributed by atoms with E-state index in [4.69, 9.17) is 0 Å². The van der Waals surface area contributed by atoms with Crippen molar-refractivity contribution in [2.45, 2.75) is 26.3 Å². The maximum absolute atomic E-state index is 12.0. The zero-order valence-electron chi connectivity index (χ0n) is 13.1. The first-order valence-corrected chi connectivity index (χ1v) is 8.10. The molecule has 0 radical (unpaired) electrons. The van der Waals surface area contributed by atoms with Crippen molar-refractivity contribution < 1.29 is 4.79 Å². The topological polar surface area (TPSA) is 121 Å². The van der Waals surface area contributed by atoms with Crippen LogP contribution in [0.4, 0.5) is 9.93 Å². The molecule has 0 aliphatic carbocycles. The van der Waals surface area contributed by atoms with Crippen LogP contribution in [0.25, 0.3) is 0 Å². The molecule has 1 atom stereocenters. The molecule has 1 unspecified atom stereocenters. The van der Waals surface area contributed by atoms with Crippen molar-refractivity contribution in [3.63, 3.8) is 0 Å². The van der Waals surface area contributed by atoms with Crippen LogP contribution < -0.4 is 10.6 Å². The first kappa shape index (κ1) is 16.0. The van der Waals surface area contributed by atoms with Gasteiger partial charge in [0.25, 0.3) is 0 Å². The normalized spacial score (nSPS) is 11.9. The number of tetrazole rings is 1. The van der Waals surface area contributed by atoms with E-state index >= 15 is 0 Å². The van der Waals surface area contributed by atoms with Gasteiger partial charge in [0.05, 0.1) is 6.04 Å². The Kier molecular flexibility index (Phi) is 4.75. The Morgan fingerprint density at radius 3 is 2.96 bits per heavy atom. The zero-order chi connectivity index (χ0) is 16.9. The number of rotatable bonds is 5. The second kappa shape index (κ2) is 7.13. The average Bonchev–Trinajstić information content (AvgIpc) is 3.19. The van der Waals surface area contributed by atoms with Gasteiger partial charge in [-0.15, -0.1) is 20.4 Å². The summed E-state index contributed by atoms with van der Waals surface area (Å²) in [4.78, 5) is 12.0. The van der Waals surface area contributed by atoms with E-state index in [1.165, 1.54) is 16.9 Å². The van der Waals surface area contributed by atoms with E-state index in [-0.39, 0.29) is 6.04 Å². The molecular weight excluding hydrogens is 328 g/mol. The van der Waals surface area contributed by atoms with E-state index in [9.17, 15) is 4.79 Å². The number of H-pyrrole nitrogens is 1. The van der Waals surface area contributed by atoms with Gasteiger partial charge in [-0.2, -0.15) is 5.21 Å². The van der Waals surface area contributed by atoms with Crippen molar-refractivity contribution in [3.8, 4) is 0 Å². The number of benzene rings is 1. The number of aromatic amines is 1. The first-order chi connectivity index (χ1) is 11.6. The molecule has 0 saturated heterocycles. The molecule has 2 amide bonds. The monoisotopic (exact) mass is 344 g/mol. The molecule has 24 heavy (non-hydrogen) atoms. The Balaban J connectivity index is 1.56. The molecule has 0 spiro atoms. The van der Waals surface area contributed by atoms with E-state index < -0.39 is 6.03 Å². The third-order valence-corrected chi connectivity index (χ3v) is 4.06. The lowest BCUT2D eigenvalue weighted by atomic mass is 10.1. The van der Waals surface area contributed by atoms with Crippen LogP contribution >= 0.6 is 11.3 Å². The summed E-state index contributed by atoms with van der Waals surface area (Å²) in [6.45, 7) is 3.81. The average molecular weight is 344 g/mol. The molecular formula is C14H16N8OS. The number of urea groups is 1. The summed E-state index contributed by atoms with van der Waals surface area (Å²) in [7, 11) is 0. The lowest BCUT2D eigenvalue weighted by Crippen LogP contribution is -2.31. The Bertz CT molecular complexity index is 816. The highest BCUT2D eigenvalue weighted by Crippen LogP contribution is 2.19. The third kappa shape index (κ3) is 4.10. The fraction of sp³-hybridized carbons (Fsp3) is 0.286. The molecule has 9 nitrogen and oxygen atoms in total. The molecule has 0 fully saturated rings. The summed E-state index contributed by atoms with van der Waals surface area (Å²) in [6, 6.07) is 7.44. The van der Waals surface area contributed by atoms with Crippen molar-refractivity contribution >= 4 is 22.5 Å². The zero-order valence-corrected chi connectivity index (χ0v) is 14.0. The molecule has 0 bridgehead atoms. The minimum absolute atomic E-state index is 0.372. The van der Waals surface area contributed by atoms with Gasteiger partial charge in [-0.05, 0) is 19.4 Å². The Labute approximate surface area is 141 Å². The van der Waals surface area contributed by atoms with Crippen LogP contribution in [-0.4, -0.2) is 36.9 Å². The van der Waals surface area contributed by atoms with Gasteiger partial charge in [-0.3, -0.25) is 5.32 Å². The SMILES string of the molecule is Cc1cccc(Cc2nnc(NC(=O)NC(C)c3nn[nH]n3)s2)c1. The second-order valence-electron chi connectivity index (χ2n) is 5.26. The standard InChI is InChI=1S/C14H16N8OS/c1-8-4-3-5-10(6-8)7-11-17-20-14(24-11)16-13(23)15-9(2)12-18-21-22-19-12/h3-6,9H,7H2,1-2H3,(H2,15,16,20,23)(H,18,19,21,22). The van der Waals surface area contributed by atoms with Crippen LogP contribution in [0, 0.1) is 6.92 Å². The van der Waals surface area contributed by atoms with Crippen molar-refractivity contribution in [2.24, 2.45) is 0 Å². The van der Waals surface area contributed by atoms with Gasteiger partial charge >= 0.3 is 6.03 Å². The predicted octanol–water partition coefficient (Wildman–Crippen LogP) is 1.83. The van der Waals surface area contributed by atoms with Crippen LogP contribution in [-0.2, 0) is 6.42 Å². The molecule has 2 aromatic heterocycles. The summed E-state index contributed by atoms with van der Waals surface area (Å²) in [6.07, 6.45) is 0.682. The van der Waals surface area contributed by atoms with E-state index in [1.54, 1.807) is 6.92 Å². The molecule has 0 aliphatic rings. The number of aromatic nitrogens is 6. The van der Waals surface area contributed by atoms with Crippen LogP contribution in [0.3, 0.4) is 0 Å². The molecule has 10 heteroatoms. The molecule has 3 aromatic rings. The smallest absolute Gasteiger partial charge is 0.321 e. The molecule has 1 aromatic carbocycles. The van der Waals surface area contributed by atoms with Crippen LogP contribution in [0.2, 0.25) is 0 Å². The maximum atomic E-state index is 12.0. The molecule has 2 heterocycles. The third-order valence-electron chi connectivity index (χ3n) is 3.22. The van der Waals surface area contributed by atoms with Crippen LogP contribution in [0.5, 0.6) is 0 Å². The highest BCUT2D eigenvalue weighted by atomic mass is 32.1. The maximum Gasteiger partial charge on any atom is 0.321 e. The number of carbonyl (C=O) groups excluding carboxylic acids is 1. The van der Waals surface area contributed by atoms with E-state index in [1.807, 2.05) is 25.1 Å². The van der Waals surface area contributed by atoms with Gasteiger partial charge in [0.1, 0.15) is 5.01 Å². The number of aryl methyl sites for hydroxylation is 1. The first-order valence-electron chi connectivity index (χ1n) is 7.29. The number of amides is 2. The van der Waals surface area contributed by atoms with Gasteiger partial charge in [0.2, 0.25) is 5.13 Å².